The average molecular weight is 348 g/mol. The molecule has 0 aromatic heterocycles. The van der Waals surface area contributed by atoms with Gasteiger partial charge in [-0.05, 0) is 45.4 Å². The van der Waals surface area contributed by atoms with E-state index in [4.69, 9.17) is 14.2 Å². The Kier molecular flexibility index (Phi) is 4.74. The third-order valence-electron chi connectivity index (χ3n) is 3.98. The van der Waals surface area contributed by atoms with E-state index in [-0.39, 0.29) is 18.0 Å². The number of amides is 2. The zero-order valence-electron chi connectivity index (χ0n) is 14.8. The number of hydrogen-bond donors (Lipinski definition) is 1. The summed E-state index contributed by atoms with van der Waals surface area (Å²) in [5, 5.41) is 2.96. The van der Waals surface area contributed by atoms with E-state index >= 15 is 0 Å². The first-order valence-corrected chi connectivity index (χ1v) is 8.50. The van der Waals surface area contributed by atoms with E-state index in [2.05, 4.69) is 5.32 Å². The van der Waals surface area contributed by atoms with Crippen molar-refractivity contribution in [2.75, 3.05) is 26.3 Å². The number of nitrogens with zero attached hydrogens (tertiary/aromatic N) is 1. The zero-order valence-corrected chi connectivity index (χ0v) is 14.8. The minimum atomic E-state index is -0.524. The molecule has 0 bridgehead atoms. The maximum Gasteiger partial charge on any atom is 0.410 e. The number of ether oxygens (including phenoxy) is 3. The highest BCUT2D eigenvalue weighted by atomic mass is 16.6. The van der Waals surface area contributed by atoms with Crippen LogP contribution in [-0.4, -0.2) is 54.8 Å². The molecule has 1 saturated heterocycles. The van der Waals surface area contributed by atoms with Gasteiger partial charge in [-0.1, -0.05) is 0 Å². The van der Waals surface area contributed by atoms with Crippen LogP contribution in [0.1, 0.15) is 37.6 Å². The number of likely N-dealkylation sites (tertiary alicyclic amines) is 1. The molecular formula is C18H24N2O5. The van der Waals surface area contributed by atoms with Crippen molar-refractivity contribution in [2.24, 2.45) is 0 Å². The summed E-state index contributed by atoms with van der Waals surface area (Å²) in [6, 6.07) is 5.05. The highest BCUT2D eigenvalue weighted by molar-refractivity contribution is 5.95. The molecule has 1 atom stereocenters. The number of carbonyl (C=O) groups is 2. The molecule has 7 nitrogen and oxygen atoms in total. The van der Waals surface area contributed by atoms with E-state index in [1.807, 2.05) is 20.8 Å². The van der Waals surface area contributed by atoms with Gasteiger partial charge < -0.3 is 24.4 Å². The zero-order chi connectivity index (χ0) is 18.0. The molecule has 2 aliphatic rings. The van der Waals surface area contributed by atoms with Crippen molar-refractivity contribution >= 4 is 12.0 Å². The Bertz CT molecular complexity index is 668. The third kappa shape index (κ3) is 4.35. The van der Waals surface area contributed by atoms with Crippen molar-refractivity contribution < 1.29 is 23.8 Å². The van der Waals surface area contributed by atoms with Gasteiger partial charge in [-0.2, -0.15) is 0 Å². The van der Waals surface area contributed by atoms with Crippen molar-refractivity contribution in [1.29, 1.82) is 0 Å². The van der Waals surface area contributed by atoms with Gasteiger partial charge in [-0.15, -0.1) is 0 Å². The molecular weight excluding hydrogens is 324 g/mol. The molecule has 25 heavy (non-hydrogen) atoms. The summed E-state index contributed by atoms with van der Waals surface area (Å²) >= 11 is 0. The van der Waals surface area contributed by atoms with Crippen LogP contribution in [0.2, 0.25) is 0 Å². The lowest BCUT2D eigenvalue weighted by Gasteiger charge is -2.24. The number of carbonyl (C=O) groups excluding carboxylic acids is 2. The molecule has 136 valence electrons. The number of rotatable bonds is 2. The first-order valence-electron chi connectivity index (χ1n) is 8.50. The molecule has 1 aromatic carbocycles. The minimum absolute atomic E-state index is 0.0896. The highest BCUT2D eigenvalue weighted by Gasteiger charge is 2.30. The van der Waals surface area contributed by atoms with Crippen LogP contribution < -0.4 is 14.8 Å². The molecule has 2 heterocycles. The summed E-state index contributed by atoms with van der Waals surface area (Å²) in [5.41, 5.74) is -0.0103. The largest absolute Gasteiger partial charge is 0.486 e. The number of fused-ring (bicyclic) bond motifs is 1. The van der Waals surface area contributed by atoms with Gasteiger partial charge in [0.15, 0.2) is 11.5 Å². The van der Waals surface area contributed by atoms with Crippen LogP contribution in [0.5, 0.6) is 11.5 Å². The number of hydrogen-bond acceptors (Lipinski definition) is 5. The molecule has 2 aliphatic heterocycles. The van der Waals surface area contributed by atoms with Crippen LogP contribution in [0.3, 0.4) is 0 Å². The molecule has 0 unspecified atom stereocenters. The first-order chi connectivity index (χ1) is 11.8. The number of nitrogens with one attached hydrogen (secondary N) is 1. The Morgan fingerprint density at radius 1 is 1.20 bits per heavy atom. The van der Waals surface area contributed by atoms with Gasteiger partial charge in [0.1, 0.15) is 18.8 Å². The SMILES string of the molecule is CC(C)(C)OC(=O)N1CC[C@@H](NC(=O)c2ccc3c(c2)OCCO3)C1. The molecule has 2 amide bonds. The van der Waals surface area contributed by atoms with Gasteiger partial charge in [0.05, 0.1) is 0 Å². The van der Waals surface area contributed by atoms with Crippen LogP contribution in [-0.2, 0) is 4.74 Å². The quantitative estimate of drug-likeness (QED) is 0.887. The summed E-state index contributed by atoms with van der Waals surface area (Å²) in [7, 11) is 0. The van der Waals surface area contributed by atoms with Crippen LogP contribution in [0.15, 0.2) is 18.2 Å². The molecule has 1 N–H and O–H groups in total. The van der Waals surface area contributed by atoms with Gasteiger partial charge in [0, 0.05) is 24.7 Å². The average Bonchev–Trinajstić information content (AvgIpc) is 3.01. The van der Waals surface area contributed by atoms with E-state index in [0.717, 1.165) is 0 Å². The maximum atomic E-state index is 12.4. The second kappa shape index (κ2) is 6.82. The van der Waals surface area contributed by atoms with Crippen LogP contribution in [0.25, 0.3) is 0 Å². The lowest BCUT2D eigenvalue weighted by atomic mass is 10.1. The predicted molar refractivity (Wildman–Crippen MR) is 91.1 cm³/mol. The van der Waals surface area contributed by atoms with Crippen molar-refractivity contribution in [3.8, 4) is 11.5 Å². The van der Waals surface area contributed by atoms with Crippen LogP contribution in [0, 0.1) is 0 Å². The smallest absolute Gasteiger partial charge is 0.410 e. The standard InChI is InChI=1S/C18H24N2O5/c1-18(2,3)25-17(22)20-7-6-13(11-20)19-16(21)12-4-5-14-15(10-12)24-9-8-23-14/h4-5,10,13H,6-9,11H2,1-3H3,(H,19,21)/t13-/m1/s1. The molecule has 7 heteroatoms. The molecule has 3 rings (SSSR count). The molecule has 0 aliphatic carbocycles. The lowest BCUT2D eigenvalue weighted by molar-refractivity contribution is 0.0290. The van der Waals surface area contributed by atoms with E-state index in [0.29, 0.717) is 49.8 Å². The maximum absolute atomic E-state index is 12.4. The summed E-state index contributed by atoms with van der Waals surface area (Å²) in [6.45, 7) is 7.52. The normalized spacial score (nSPS) is 19.5. The Balaban J connectivity index is 1.56. The fraction of sp³-hybridized carbons (Fsp3) is 0.556. The van der Waals surface area contributed by atoms with Crippen molar-refractivity contribution in [3.05, 3.63) is 23.8 Å². The van der Waals surface area contributed by atoms with Crippen LogP contribution in [0.4, 0.5) is 4.79 Å². The Morgan fingerprint density at radius 3 is 2.64 bits per heavy atom. The van der Waals surface area contributed by atoms with E-state index in [1.54, 1.807) is 23.1 Å². The Morgan fingerprint density at radius 2 is 1.92 bits per heavy atom. The predicted octanol–water partition coefficient (Wildman–Crippen LogP) is 2.20. The minimum Gasteiger partial charge on any atom is -0.486 e. The van der Waals surface area contributed by atoms with Gasteiger partial charge in [-0.3, -0.25) is 4.79 Å². The Hall–Kier alpha value is -2.44. The third-order valence-corrected chi connectivity index (χ3v) is 3.98. The van der Waals surface area contributed by atoms with Crippen molar-refractivity contribution in [3.63, 3.8) is 0 Å². The lowest BCUT2D eigenvalue weighted by Crippen LogP contribution is -2.40. The summed E-state index contributed by atoms with van der Waals surface area (Å²) in [5.74, 6) is 1.05. The summed E-state index contributed by atoms with van der Waals surface area (Å²) in [6.07, 6.45) is 0.360. The first kappa shape index (κ1) is 17.4. The highest BCUT2D eigenvalue weighted by Crippen LogP contribution is 2.30. The second-order valence-electron chi connectivity index (χ2n) is 7.24. The van der Waals surface area contributed by atoms with Gasteiger partial charge >= 0.3 is 6.09 Å². The summed E-state index contributed by atoms with van der Waals surface area (Å²) in [4.78, 5) is 26.2. The van der Waals surface area contributed by atoms with Crippen molar-refractivity contribution in [1.82, 2.24) is 10.2 Å². The topological polar surface area (TPSA) is 77.1 Å². The van der Waals surface area contributed by atoms with E-state index < -0.39 is 5.60 Å². The van der Waals surface area contributed by atoms with Gasteiger partial charge in [0.2, 0.25) is 0 Å². The van der Waals surface area contributed by atoms with Crippen molar-refractivity contribution in [2.45, 2.75) is 38.8 Å². The molecule has 1 aromatic rings. The van der Waals surface area contributed by atoms with Crippen LogP contribution >= 0.6 is 0 Å². The second-order valence-corrected chi connectivity index (χ2v) is 7.24. The van der Waals surface area contributed by atoms with Gasteiger partial charge in [0.25, 0.3) is 5.91 Å². The fourth-order valence-electron chi connectivity index (χ4n) is 2.82. The summed E-state index contributed by atoms with van der Waals surface area (Å²) < 4.78 is 16.3. The number of benzene rings is 1. The monoisotopic (exact) mass is 348 g/mol. The van der Waals surface area contributed by atoms with Gasteiger partial charge in [-0.25, -0.2) is 4.79 Å². The van der Waals surface area contributed by atoms with E-state index in [9.17, 15) is 9.59 Å². The molecule has 0 spiro atoms. The molecule has 0 radical (unpaired) electrons. The van der Waals surface area contributed by atoms with E-state index in [1.165, 1.54) is 0 Å². The molecule has 0 saturated carbocycles. The fourth-order valence-corrected chi connectivity index (χ4v) is 2.82. The molecule has 1 fully saturated rings. The Labute approximate surface area is 147 Å².